The second-order valence-electron chi connectivity index (χ2n) is 35.6. The minimum absolute atomic E-state index is 0. The molecule has 0 aromatic heterocycles. The van der Waals surface area contributed by atoms with Crippen molar-refractivity contribution < 1.29 is 106 Å². The summed E-state index contributed by atoms with van der Waals surface area (Å²) >= 11 is 0. The molecule has 26 heteroatoms. The van der Waals surface area contributed by atoms with E-state index in [0.717, 1.165) is 212 Å². The topological polar surface area (TPSA) is 398 Å². The van der Waals surface area contributed by atoms with E-state index in [2.05, 4.69) is 52.2 Å². The molecule has 122 heavy (non-hydrogen) atoms. The van der Waals surface area contributed by atoms with Crippen molar-refractivity contribution >= 4 is 43.5 Å². The Bertz CT molecular complexity index is 2560. The molecule has 2 aliphatic rings. The molecule has 2 saturated heterocycles. The van der Waals surface area contributed by atoms with Gasteiger partial charge in [0.1, 0.15) is 48.7 Å². The van der Waals surface area contributed by atoms with E-state index in [1.54, 1.807) is 0 Å². The highest BCUT2D eigenvalue weighted by Crippen LogP contribution is 2.40. The van der Waals surface area contributed by atoms with Gasteiger partial charge >= 0.3 is 23.9 Å². The molecule has 12 N–H and O–H groups in total. The van der Waals surface area contributed by atoms with Crippen LogP contribution in [0.25, 0.3) is 0 Å². The molecular formula is C96H184N3O22P. The third-order valence-corrected chi connectivity index (χ3v) is 24.6. The van der Waals surface area contributed by atoms with Crippen LogP contribution in [-0.2, 0) is 71.0 Å². The molecule has 0 radical (unpaired) electrons. The van der Waals surface area contributed by atoms with Gasteiger partial charge in [-0.1, -0.05) is 388 Å². The Balaban J connectivity index is 0.0000744. The van der Waals surface area contributed by atoms with Crippen LogP contribution in [0.5, 0.6) is 0 Å². The fraction of sp³-hybridized carbons (Fsp3) is 0.938. The summed E-state index contributed by atoms with van der Waals surface area (Å²) in [5, 5.41) is 63.2. The lowest BCUT2D eigenvalue weighted by atomic mass is 9.95. The number of carbonyl (C=O) groups is 6. The maximum absolute atomic E-state index is 15.1. The van der Waals surface area contributed by atoms with Crippen molar-refractivity contribution in [3.8, 4) is 0 Å². The Morgan fingerprint density at radius 2 is 0.672 bits per heavy atom. The van der Waals surface area contributed by atoms with Gasteiger partial charge in [-0.25, -0.2) is 0 Å². The van der Waals surface area contributed by atoms with Gasteiger partial charge in [-0.3, -0.25) is 33.3 Å². The third-order valence-electron chi connectivity index (χ3n) is 24.1. The van der Waals surface area contributed by atoms with Crippen LogP contribution < -0.4 is 21.7 Å². The second kappa shape index (κ2) is 78.6. The van der Waals surface area contributed by atoms with E-state index >= 15 is 4.79 Å². The second-order valence-corrected chi connectivity index (χ2v) is 36.8. The van der Waals surface area contributed by atoms with Gasteiger partial charge in [-0.15, -0.1) is 0 Å². The van der Waals surface area contributed by atoms with Gasteiger partial charge in [0.2, 0.25) is 11.8 Å². The summed E-state index contributed by atoms with van der Waals surface area (Å²) in [4.78, 5) is 109. The van der Waals surface area contributed by atoms with Gasteiger partial charge in [-0.05, 0) is 51.4 Å². The molecule has 1 unspecified atom stereocenters. The van der Waals surface area contributed by atoms with Gasteiger partial charge < -0.3 is 89.8 Å². The standard InChI is InChI=1S/C96H181N2O22P.H3N/c1-7-13-19-25-31-37-39-45-51-57-63-69-85(104)114-79(67-61-55-49-43-35-29-23-17-11-5)73-84(103)98-90-94(119-88(107)74-80(68-62-56-50-44-36-30-24-18-12-6)115-86(105)70-64-58-52-46-40-38-32-26-20-14-8-2)92(120-121(110,111)112)81(75-99)117-96(90)113-76-82-91(108)93(118-87(106)72-78(101)66-60-54-48-42-34-28-22-16-10-4)89(95(109)116-82)97-83(102)71-77(100)65-59-53-47-41-33-27-21-15-9-3;/h77-82,89-96,99-101,108-109H,7-76H2,1-6H3,(H,97,102)(H,98,103)(H2,110,111,112);1H3/t77-,78-,79-,80-,81-,82-,89-,90+,91-,92-,93-,94-,95+,96-;/m1./s1. The lowest BCUT2D eigenvalue weighted by Crippen LogP contribution is -2.68. The first kappa shape index (κ1) is 117. The number of ether oxygens (including phenoxy) is 7. The molecule has 2 fully saturated rings. The van der Waals surface area contributed by atoms with Crippen LogP contribution in [0.4, 0.5) is 0 Å². The quantitative estimate of drug-likeness (QED) is 0.0118. The highest BCUT2D eigenvalue weighted by Gasteiger charge is 2.53. The molecule has 0 aliphatic carbocycles. The predicted molar refractivity (Wildman–Crippen MR) is 483 cm³/mol. The first-order valence-corrected chi connectivity index (χ1v) is 51.5. The van der Waals surface area contributed by atoms with E-state index in [9.17, 15) is 63.9 Å². The summed E-state index contributed by atoms with van der Waals surface area (Å²) in [6, 6.07) is -3.50. The first-order valence-electron chi connectivity index (χ1n) is 50.0. The molecule has 0 saturated carbocycles. The molecular weight excluding hydrogens is 1580 g/mol. The van der Waals surface area contributed by atoms with E-state index in [4.69, 9.17) is 37.7 Å². The number of carbonyl (C=O) groups excluding carboxylic acids is 6. The molecule has 720 valence electrons. The molecule has 2 rings (SSSR count). The number of unbranched alkanes of at least 4 members (excludes halogenated alkanes) is 52. The van der Waals surface area contributed by atoms with Crippen molar-refractivity contribution in [1.82, 2.24) is 16.8 Å². The van der Waals surface area contributed by atoms with Crippen molar-refractivity contribution in [2.45, 2.75) is 564 Å². The molecule has 0 bridgehead atoms. The van der Waals surface area contributed by atoms with Gasteiger partial charge in [0.15, 0.2) is 24.8 Å². The number of aliphatic hydroxyl groups excluding tert-OH is 5. The number of amides is 2. The number of phosphoric ester groups is 1. The average molecular weight is 1760 g/mol. The number of hydrogen-bond acceptors (Lipinski definition) is 21. The van der Waals surface area contributed by atoms with Gasteiger partial charge in [0.05, 0.1) is 51.1 Å². The van der Waals surface area contributed by atoms with E-state index in [1.807, 2.05) is 0 Å². The van der Waals surface area contributed by atoms with Crippen LogP contribution in [0, 0.1) is 0 Å². The van der Waals surface area contributed by atoms with Crippen LogP contribution in [0.3, 0.4) is 0 Å². The van der Waals surface area contributed by atoms with Crippen molar-refractivity contribution in [1.29, 1.82) is 0 Å². The van der Waals surface area contributed by atoms with Crippen LogP contribution in [-0.4, -0.2) is 165 Å². The van der Waals surface area contributed by atoms with Crippen LogP contribution in [0.1, 0.15) is 478 Å². The molecule has 0 spiro atoms. The Morgan fingerprint density at radius 1 is 0.369 bits per heavy atom. The third kappa shape index (κ3) is 61.9. The Hall–Kier alpha value is -3.43. The lowest BCUT2D eigenvalue weighted by molar-refractivity contribution is -0.304. The van der Waals surface area contributed by atoms with Crippen LogP contribution in [0.2, 0.25) is 0 Å². The van der Waals surface area contributed by atoms with Gasteiger partial charge in [0.25, 0.3) is 7.82 Å². The number of aliphatic hydroxyl groups is 5. The number of hydrogen-bond donors (Lipinski definition) is 9. The number of rotatable bonds is 84. The largest absolute Gasteiger partial charge is 0.756 e. The number of esters is 4. The molecule has 0 aromatic carbocycles. The minimum atomic E-state index is -5.87. The zero-order valence-corrected chi connectivity index (χ0v) is 79.1. The maximum Gasteiger partial charge on any atom is 0.310 e. The molecule has 2 amide bonds. The van der Waals surface area contributed by atoms with Crippen LogP contribution >= 0.6 is 7.82 Å². The number of nitrogens with one attached hydrogen (secondary N) is 2. The fourth-order valence-corrected chi connectivity index (χ4v) is 17.3. The maximum atomic E-state index is 15.1. The summed E-state index contributed by atoms with van der Waals surface area (Å²) < 4.78 is 61.5. The molecule has 25 nitrogen and oxygen atoms in total. The Morgan fingerprint density at radius 3 is 1.03 bits per heavy atom. The van der Waals surface area contributed by atoms with E-state index in [-0.39, 0.29) is 38.3 Å². The molecule has 2 heterocycles. The summed E-state index contributed by atoms with van der Waals surface area (Å²) in [5.41, 5.74) is 0. The lowest BCUT2D eigenvalue weighted by Gasteiger charge is -2.47. The normalized spacial score (nSPS) is 20.6. The Labute approximate surface area is 740 Å². The molecule has 0 aromatic rings. The van der Waals surface area contributed by atoms with Crippen molar-refractivity contribution in [2.75, 3.05) is 13.2 Å². The Kier molecular flexibility index (Phi) is 75.1. The smallest absolute Gasteiger partial charge is 0.310 e. The average Bonchev–Trinajstić information content (AvgIpc) is 0.777. The summed E-state index contributed by atoms with van der Waals surface area (Å²) in [6.45, 7) is 11.2. The van der Waals surface area contributed by atoms with Crippen molar-refractivity contribution in [3.05, 3.63) is 0 Å². The number of phosphoric acid groups is 1. The fourth-order valence-electron chi connectivity index (χ4n) is 16.7. The molecule has 15 atom stereocenters. The zero-order chi connectivity index (χ0) is 88.6. The van der Waals surface area contributed by atoms with Crippen molar-refractivity contribution in [3.63, 3.8) is 0 Å². The highest BCUT2D eigenvalue weighted by atomic mass is 31.2. The zero-order valence-electron chi connectivity index (χ0n) is 78.2. The molecule has 2 aliphatic heterocycles. The van der Waals surface area contributed by atoms with Gasteiger partial charge in [-0.2, -0.15) is 0 Å². The predicted octanol–water partition coefficient (Wildman–Crippen LogP) is 21.0. The summed E-state index contributed by atoms with van der Waals surface area (Å²) in [6.07, 6.45) is 40.2. The summed E-state index contributed by atoms with van der Waals surface area (Å²) in [5.74, 6) is -4.61. The van der Waals surface area contributed by atoms with E-state index in [0.29, 0.717) is 44.9 Å². The monoisotopic (exact) mass is 1760 g/mol. The van der Waals surface area contributed by atoms with Crippen molar-refractivity contribution in [2.24, 2.45) is 0 Å². The van der Waals surface area contributed by atoms with E-state index in [1.165, 1.54) is 122 Å². The van der Waals surface area contributed by atoms with Gasteiger partial charge in [0, 0.05) is 12.8 Å². The first-order chi connectivity index (χ1) is 58.6. The number of quaternary nitrogens is 1. The highest BCUT2D eigenvalue weighted by molar-refractivity contribution is 7.44. The van der Waals surface area contributed by atoms with E-state index < -0.39 is 168 Å². The SMILES string of the molecule is CCCCCCCCCCCCCC(=O)O[C@H](CCCCCCCCCCC)CC(=O)N[C@@H]1[C@H](OC[C@H]2O[C@H](O)[C@H](NC(=O)C[C@H](O)CCCCCCCCCCC)[C@@H](OC(=O)C[C@H](O)CCCCCCCCCCC)[C@@H]2O)O[C@H](CO)[C@@H](OP(=O)([O-])O)[C@@H]1OC(=O)C[C@@H](CCCCCCCCCCC)OC(=O)CCCCCCCCCCCCC.[NH4+]. The summed E-state index contributed by atoms with van der Waals surface area (Å²) in [7, 11) is -5.87. The van der Waals surface area contributed by atoms with Crippen LogP contribution in [0.15, 0.2) is 0 Å². The minimum Gasteiger partial charge on any atom is -0.756 e.